The van der Waals surface area contributed by atoms with Gasteiger partial charge in [0.15, 0.2) is 0 Å². The summed E-state index contributed by atoms with van der Waals surface area (Å²) >= 11 is 0. The van der Waals surface area contributed by atoms with Gasteiger partial charge in [-0.2, -0.15) is 5.10 Å². The molecule has 0 bridgehead atoms. The van der Waals surface area contributed by atoms with Crippen molar-refractivity contribution in [3.05, 3.63) is 30.1 Å². The van der Waals surface area contributed by atoms with E-state index in [1.54, 1.807) is 0 Å². The lowest BCUT2D eigenvalue weighted by Crippen LogP contribution is -2.63. The minimum atomic E-state index is -0.145. The molecule has 1 unspecified atom stereocenters. The lowest BCUT2D eigenvalue weighted by molar-refractivity contribution is -0.0585. The Balaban J connectivity index is 1.19. The Labute approximate surface area is 202 Å². The Bertz CT molecular complexity index is 1020. The zero-order valence-corrected chi connectivity index (χ0v) is 21.0. The number of amides is 1. The predicted octanol–water partition coefficient (Wildman–Crippen LogP) is 3.56. The van der Waals surface area contributed by atoms with Gasteiger partial charge in [0, 0.05) is 75.7 Å². The van der Waals surface area contributed by atoms with Gasteiger partial charge in [0.2, 0.25) is 0 Å². The summed E-state index contributed by atoms with van der Waals surface area (Å²) in [5.74, 6) is 1.69. The molecule has 2 aromatic rings. The largest absolute Gasteiger partial charge is 0.450 e. The lowest BCUT2D eigenvalue weighted by Gasteiger charge is -2.56. The third kappa shape index (κ3) is 4.28. The van der Waals surface area contributed by atoms with Gasteiger partial charge in [-0.1, -0.05) is 6.92 Å². The SMILES string of the molecule is CCOC(=O)N1CC2(CC[C@@H](N3CCN(c4ncccc4-c4nn(C)cc4C)CC3)C(C)C2)C1. The van der Waals surface area contributed by atoms with Crippen LogP contribution in [0.25, 0.3) is 11.3 Å². The molecule has 2 saturated heterocycles. The van der Waals surface area contributed by atoms with Gasteiger partial charge >= 0.3 is 6.09 Å². The minimum absolute atomic E-state index is 0.145. The first-order valence-electron chi connectivity index (χ1n) is 12.8. The van der Waals surface area contributed by atoms with E-state index in [9.17, 15) is 4.79 Å². The van der Waals surface area contributed by atoms with Crippen LogP contribution < -0.4 is 4.90 Å². The highest BCUT2D eigenvalue weighted by Crippen LogP contribution is 2.47. The van der Waals surface area contributed by atoms with E-state index in [1.165, 1.54) is 24.8 Å². The molecule has 1 spiro atoms. The number of hydrogen-bond donors (Lipinski definition) is 0. The number of likely N-dealkylation sites (tertiary alicyclic amines) is 1. The van der Waals surface area contributed by atoms with Gasteiger partial charge in [-0.25, -0.2) is 9.78 Å². The molecule has 3 aliphatic rings. The van der Waals surface area contributed by atoms with Crippen LogP contribution in [0, 0.1) is 18.3 Å². The number of nitrogens with zero attached hydrogens (tertiary/aromatic N) is 6. The fourth-order valence-corrected chi connectivity index (χ4v) is 6.57. The molecule has 0 N–H and O–H groups in total. The monoisotopic (exact) mass is 466 g/mol. The molecule has 2 aliphatic heterocycles. The summed E-state index contributed by atoms with van der Waals surface area (Å²) in [6, 6.07) is 4.78. The molecule has 1 aliphatic carbocycles. The van der Waals surface area contributed by atoms with Crippen molar-refractivity contribution in [2.75, 3.05) is 50.8 Å². The molecule has 34 heavy (non-hydrogen) atoms. The molecule has 3 fully saturated rings. The fraction of sp³-hybridized carbons (Fsp3) is 0.654. The summed E-state index contributed by atoms with van der Waals surface area (Å²) in [7, 11) is 1.97. The number of carbonyl (C=O) groups excluding carboxylic acids is 1. The number of piperazine rings is 1. The van der Waals surface area contributed by atoms with Gasteiger partial charge in [0.25, 0.3) is 0 Å². The van der Waals surface area contributed by atoms with Gasteiger partial charge in [-0.05, 0) is 56.7 Å². The molecule has 0 radical (unpaired) electrons. The summed E-state index contributed by atoms with van der Waals surface area (Å²) in [6.07, 6.45) is 7.45. The zero-order chi connectivity index (χ0) is 23.9. The van der Waals surface area contributed by atoms with Crippen LogP contribution in [-0.4, -0.2) is 82.6 Å². The normalized spacial score (nSPS) is 24.8. The molecule has 8 nitrogen and oxygen atoms in total. The van der Waals surface area contributed by atoms with Crippen LogP contribution >= 0.6 is 0 Å². The van der Waals surface area contributed by atoms with Crippen molar-refractivity contribution in [3.8, 4) is 11.3 Å². The first-order valence-corrected chi connectivity index (χ1v) is 12.8. The maximum atomic E-state index is 12.0. The Morgan fingerprint density at radius 2 is 2.00 bits per heavy atom. The molecule has 8 heteroatoms. The summed E-state index contributed by atoms with van der Waals surface area (Å²) < 4.78 is 7.06. The molecule has 0 aromatic carbocycles. The van der Waals surface area contributed by atoms with Gasteiger partial charge in [-0.3, -0.25) is 9.58 Å². The second-order valence-electron chi connectivity index (χ2n) is 10.6. The van der Waals surface area contributed by atoms with Crippen LogP contribution in [-0.2, 0) is 11.8 Å². The number of ether oxygens (including phenoxy) is 1. The van der Waals surface area contributed by atoms with Crippen molar-refractivity contribution < 1.29 is 9.53 Å². The second kappa shape index (κ2) is 9.21. The third-order valence-corrected chi connectivity index (χ3v) is 8.10. The van der Waals surface area contributed by atoms with Gasteiger partial charge in [0.05, 0.1) is 12.3 Å². The van der Waals surface area contributed by atoms with Crippen LogP contribution in [0.2, 0.25) is 0 Å². The van der Waals surface area contributed by atoms with E-state index in [1.807, 2.05) is 35.8 Å². The molecule has 184 valence electrons. The molecular formula is C26H38N6O2. The number of aromatic nitrogens is 3. The first-order chi connectivity index (χ1) is 16.4. The molecule has 2 aromatic heterocycles. The second-order valence-corrected chi connectivity index (χ2v) is 10.6. The van der Waals surface area contributed by atoms with E-state index in [0.717, 1.165) is 56.3 Å². The first kappa shape index (κ1) is 23.1. The number of anilines is 1. The number of hydrogen-bond acceptors (Lipinski definition) is 6. The Kier molecular flexibility index (Phi) is 6.27. The van der Waals surface area contributed by atoms with Gasteiger partial charge in [-0.15, -0.1) is 0 Å². The fourth-order valence-electron chi connectivity index (χ4n) is 6.57. The Hall–Kier alpha value is -2.61. The van der Waals surface area contributed by atoms with Crippen LogP contribution in [0.5, 0.6) is 0 Å². The van der Waals surface area contributed by atoms with Crippen LogP contribution in [0.4, 0.5) is 10.6 Å². The lowest BCUT2D eigenvalue weighted by atomic mass is 9.63. The molecule has 1 saturated carbocycles. The summed E-state index contributed by atoms with van der Waals surface area (Å²) in [5, 5.41) is 4.70. The van der Waals surface area contributed by atoms with Gasteiger partial charge < -0.3 is 14.5 Å². The van der Waals surface area contributed by atoms with E-state index in [0.29, 0.717) is 24.0 Å². The third-order valence-electron chi connectivity index (χ3n) is 8.10. The van der Waals surface area contributed by atoms with Crippen molar-refractivity contribution in [2.24, 2.45) is 18.4 Å². The van der Waals surface area contributed by atoms with Gasteiger partial charge in [0.1, 0.15) is 5.82 Å². The van der Waals surface area contributed by atoms with E-state index in [-0.39, 0.29) is 6.09 Å². The number of rotatable bonds is 4. The van der Waals surface area contributed by atoms with E-state index >= 15 is 0 Å². The molecule has 2 atom stereocenters. The number of carbonyl (C=O) groups is 1. The maximum absolute atomic E-state index is 12.0. The van der Waals surface area contributed by atoms with E-state index in [4.69, 9.17) is 14.8 Å². The quantitative estimate of drug-likeness (QED) is 0.687. The molecule has 5 rings (SSSR count). The van der Waals surface area contributed by atoms with Crippen LogP contribution in [0.1, 0.15) is 38.7 Å². The summed E-state index contributed by atoms with van der Waals surface area (Å²) in [6.45, 7) is 12.7. The van der Waals surface area contributed by atoms with E-state index < -0.39 is 0 Å². The smallest absolute Gasteiger partial charge is 0.409 e. The van der Waals surface area contributed by atoms with Crippen molar-refractivity contribution in [3.63, 3.8) is 0 Å². The molecule has 1 amide bonds. The number of pyridine rings is 1. The van der Waals surface area contributed by atoms with Crippen molar-refractivity contribution in [1.29, 1.82) is 0 Å². The Morgan fingerprint density at radius 3 is 2.65 bits per heavy atom. The highest BCUT2D eigenvalue weighted by molar-refractivity contribution is 5.75. The molecule has 4 heterocycles. The summed E-state index contributed by atoms with van der Waals surface area (Å²) in [5.41, 5.74) is 3.64. The Morgan fingerprint density at radius 1 is 1.24 bits per heavy atom. The highest BCUT2D eigenvalue weighted by atomic mass is 16.6. The minimum Gasteiger partial charge on any atom is -0.450 e. The average Bonchev–Trinajstić information content (AvgIpc) is 3.15. The molecular weight excluding hydrogens is 428 g/mol. The average molecular weight is 467 g/mol. The maximum Gasteiger partial charge on any atom is 0.409 e. The van der Waals surface area contributed by atoms with E-state index in [2.05, 4.69) is 35.9 Å². The van der Waals surface area contributed by atoms with Crippen molar-refractivity contribution in [2.45, 2.75) is 46.1 Å². The standard InChI is InChI=1S/C26H38N6O2/c1-5-34-25(33)32-17-26(18-32)9-8-22(19(2)15-26)30-11-13-31(14-12-30)24-21(7-6-10-27-24)23-20(3)16-29(4)28-23/h6-7,10,16,19,22H,5,8-9,11-15,17-18H2,1-4H3/t19?,22-/m1/s1. The number of aryl methyl sites for hydroxylation is 2. The topological polar surface area (TPSA) is 66.7 Å². The van der Waals surface area contributed by atoms with Crippen LogP contribution in [0.15, 0.2) is 24.5 Å². The van der Waals surface area contributed by atoms with Crippen molar-refractivity contribution >= 4 is 11.9 Å². The predicted molar refractivity (Wildman–Crippen MR) is 133 cm³/mol. The van der Waals surface area contributed by atoms with Crippen molar-refractivity contribution in [1.82, 2.24) is 24.6 Å². The summed E-state index contributed by atoms with van der Waals surface area (Å²) in [4.78, 5) is 23.8. The van der Waals surface area contributed by atoms with Crippen LogP contribution in [0.3, 0.4) is 0 Å². The zero-order valence-electron chi connectivity index (χ0n) is 21.0. The highest BCUT2D eigenvalue weighted by Gasteiger charge is 2.50.